The van der Waals surface area contributed by atoms with Gasteiger partial charge in [-0.15, -0.1) is 11.3 Å². The van der Waals surface area contributed by atoms with Crippen molar-refractivity contribution in [1.29, 1.82) is 0 Å². The van der Waals surface area contributed by atoms with Gasteiger partial charge in [-0.1, -0.05) is 35.2 Å². The Morgan fingerprint density at radius 3 is 2.69 bits per heavy atom. The highest BCUT2D eigenvalue weighted by atomic mass is 79.9. The lowest BCUT2D eigenvalue weighted by Gasteiger charge is -2.42. The summed E-state index contributed by atoms with van der Waals surface area (Å²) in [5.74, 6) is 1.61. The normalized spacial score (nSPS) is 25.5. The number of hydrogen-bond donors (Lipinski definition) is 0. The highest BCUT2D eigenvalue weighted by Gasteiger charge is 2.43. The van der Waals surface area contributed by atoms with Gasteiger partial charge in [-0.25, -0.2) is 5.01 Å². The highest BCUT2D eigenvalue weighted by Crippen LogP contribution is 2.47. The fraction of sp³-hybridized carbons (Fsp3) is 0.450. The van der Waals surface area contributed by atoms with Gasteiger partial charge in [0.15, 0.2) is 6.23 Å². The van der Waals surface area contributed by atoms with Crippen molar-refractivity contribution in [3.05, 3.63) is 49.0 Å². The van der Waals surface area contributed by atoms with Crippen molar-refractivity contribution < 1.29 is 4.74 Å². The van der Waals surface area contributed by atoms with Gasteiger partial charge < -0.3 is 4.74 Å². The standard InChI is InChI=1S/C20H20Br2N2OS/c21-13-6-7-17-14(10-13)16-11-15(18-8-9-19(22)26-18)23-24(16)20(25-17)12-4-2-1-3-5-12/h6-10,12,16,20H,1-5,11H2/t16-,20+/m1/s1. The van der Waals surface area contributed by atoms with Crippen LogP contribution in [0.1, 0.15) is 55.0 Å². The Labute approximate surface area is 174 Å². The second-order valence-electron chi connectivity index (χ2n) is 7.34. The lowest BCUT2D eigenvalue weighted by molar-refractivity contribution is -0.0644. The fourth-order valence-electron chi connectivity index (χ4n) is 4.44. The van der Waals surface area contributed by atoms with Crippen molar-refractivity contribution in [3.8, 4) is 5.75 Å². The third-order valence-corrected chi connectivity index (χ3v) is 7.86. The van der Waals surface area contributed by atoms with Gasteiger partial charge in [-0.3, -0.25) is 0 Å². The number of thiophene rings is 1. The van der Waals surface area contributed by atoms with E-state index in [1.807, 2.05) is 0 Å². The molecule has 2 atom stereocenters. The SMILES string of the molecule is Brc1ccc2c(c1)[C@H]1CC(c3ccc(Br)s3)=NN1[C@H](C1CCCCC1)O2. The van der Waals surface area contributed by atoms with E-state index in [-0.39, 0.29) is 12.3 Å². The first kappa shape index (κ1) is 17.3. The smallest absolute Gasteiger partial charge is 0.190 e. The molecule has 5 rings (SSSR count). The van der Waals surface area contributed by atoms with Crippen molar-refractivity contribution in [1.82, 2.24) is 5.01 Å². The summed E-state index contributed by atoms with van der Waals surface area (Å²) in [6.07, 6.45) is 7.48. The first-order valence-electron chi connectivity index (χ1n) is 9.27. The number of fused-ring (bicyclic) bond motifs is 3. The average Bonchev–Trinajstić information content (AvgIpc) is 3.28. The zero-order chi connectivity index (χ0) is 17.7. The molecule has 0 amide bonds. The summed E-state index contributed by atoms with van der Waals surface area (Å²) in [4.78, 5) is 1.25. The molecule has 26 heavy (non-hydrogen) atoms. The molecule has 0 spiro atoms. The molecule has 0 radical (unpaired) electrons. The lowest BCUT2D eigenvalue weighted by atomic mass is 9.86. The van der Waals surface area contributed by atoms with E-state index in [0.29, 0.717) is 5.92 Å². The number of hydrogen-bond acceptors (Lipinski definition) is 4. The topological polar surface area (TPSA) is 24.8 Å². The van der Waals surface area contributed by atoms with Crippen LogP contribution in [-0.2, 0) is 0 Å². The lowest BCUT2D eigenvalue weighted by Crippen LogP contribution is -2.45. The Hall–Kier alpha value is -0.850. The zero-order valence-corrected chi connectivity index (χ0v) is 18.3. The molecule has 0 saturated heterocycles. The van der Waals surface area contributed by atoms with Crippen LogP contribution in [0, 0.1) is 5.92 Å². The minimum atomic E-state index is 0.0647. The minimum absolute atomic E-state index is 0.0647. The van der Waals surface area contributed by atoms with Crippen LogP contribution in [0.15, 0.2) is 43.7 Å². The van der Waals surface area contributed by atoms with Gasteiger partial charge in [-0.05, 0) is 59.1 Å². The molecule has 1 aromatic heterocycles. The molecule has 6 heteroatoms. The molecule has 1 aliphatic carbocycles. The molecule has 2 aliphatic heterocycles. The summed E-state index contributed by atoms with van der Waals surface area (Å²) >= 11 is 8.97. The number of hydrazone groups is 1. The first-order valence-corrected chi connectivity index (χ1v) is 11.7. The van der Waals surface area contributed by atoms with Gasteiger partial charge in [0.1, 0.15) is 5.75 Å². The molecule has 3 aliphatic rings. The van der Waals surface area contributed by atoms with Gasteiger partial charge >= 0.3 is 0 Å². The molecular weight excluding hydrogens is 476 g/mol. The van der Waals surface area contributed by atoms with E-state index < -0.39 is 0 Å². The van der Waals surface area contributed by atoms with Gasteiger partial charge in [0, 0.05) is 22.4 Å². The summed E-state index contributed by atoms with van der Waals surface area (Å²) in [7, 11) is 0. The van der Waals surface area contributed by atoms with Crippen molar-refractivity contribution in [2.24, 2.45) is 11.0 Å². The van der Waals surface area contributed by atoms with E-state index >= 15 is 0 Å². The van der Waals surface area contributed by atoms with E-state index in [9.17, 15) is 0 Å². The monoisotopic (exact) mass is 494 g/mol. The molecule has 1 fully saturated rings. The summed E-state index contributed by atoms with van der Waals surface area (Å²) in [6, 6.07) is 11.0. The zero-order valence-electron chi connectivity index (χ0n) is 14.3. The Morgan fingerprint density at radius 1 is 1.08 bits per heavy atom. The molecule has 136 valence electrons. The summed E-state index contributed by atoms with van der Waals surface area (Å²) < 4.78 is 8.78. The maximum Gasteiger partial charge on any atom is 0.190 e. The van der Waals surface area contributed by atoms with Crippen molar-refractivity contribution in [2.45, 2.75) is 50.8 Å². The van der Waals surface area contributed by atoms with Crippen LogP contribution in [-0.4, -0.2) is 16.9 Å². The Morgan fingerprint density at radius 2 is 1.92 bits per heavy atom. The Kier molecular flexibility index (Phi) is 4.62. The molecule has 3 nitrogen and oxygen atoms in total. The van der Waals surface area contributed by atoms with Crippen LogP contribution in [0.25, 0.3) is 0 Å². The number of nitrogens with zero attached hydrogens (tertiary/aromatic N) is 2. The molecule has 0 unspecified atom stereocenters. The number of benzene rings is 1. The van der Waals surface area contributed by atoms with Crippen LogP contribution in [0.3, 0.4) is 0 Å². The fourth-order valence-corrected chi connectivity index (χ4v) is 6.19. The third-order valence-electron chi connectivity index (χ3n) is 5.69. The summed E-state index contributed by atoms with van der Waals surface area (Å²) in [5, 5.41) is 7.35. The van der Waals surface area contributed by atoms with Crippen molar-refractivity contribution >= 4 is 48.9 Å². The van der Waals surface area contributed by atoms with Crippen LogP contribution in [0.5, 0.6) is 5.75 Å². The highest BCUT2D eigenvalue weighted by molar-refractivity contribution is 9.11. The summed E-state index contributed by atoms with van der Waals surface area (Å²) in [5.41, 5.74) is 2.43. The first-order chi connectivity index (χ1) is 12.7. The Balaban J connectivity index is 1.54. The molecule has 0 N–H and O–H groups in total. The quantitative estimate of drug-likeness (QED) is 0.461. The number of rotatable bonds is 2. The van der Waals surface area contributed by atoms with Gasteiger partial charge in [0.05, 0.1) is 20.4 Å². The largest absolute Gasteiger partial charge is 0.468 e. The van der Waals surface area contributed by atoms with E-state index in [1.54, 1.807) is 11.3 Å². The maximum absolute atomic E-state index is 6.52. The van der Waals surface area contributed by atoms with Gasteiger partial charge in [0.25, 0.3) is 0 Å². The Bertz CT molecular complexity index is 859. The molecule has 1 saturated carbocycles. The summed E-state index contributed by atoms with van der Waals surface area (Å²) in [6.45, 7) is 0. The second-order valence-corrected chi connectivity index (χ2v) is 10.7. The van der Waals surface area contributed by atoms with E-state index in [0.717, 1.165) is 20.4 Å². The second kappa shape index (κ2) is 6.95. The number of ether oxygens (including phenoxy) is 1. The molecular formula is C20H20Br2N2OS. The van der Waals surface area contributed by atoms with Crippen molar-refractivity contribution in [3.63, 3.8) is 0 Å². The van der Waals surface area contributed by atoms with E-state index in [4.69, 9.17) is 9.84 Å². The predicted octanol–water partition coefficient (Wildman–Crippen LogP) is 6.72. The molecule has 3 heterocycles. The van der Waals surface area contributed by atoms with Crippen LogP contribution in [0.2, 0.25) is 0 Å². The van der Waals surface area contributed by atoms with Gasteiger partial charge in [-0.2, -0.15) is 5.10 Å². The molecule has 2 aromatic rings. The van der Waals surface area contributed by atoms with Crippen LogP contribution < -0.4 is 4.74 Å². The predicted molar refractivity (Wildman–Crippen MR) is 113 cm³/mol. The number of halogens is 2. The molecule has 0 bridgehead atoms. The third kappa shape index (κ3) is 3.04. The van der Waals surface area contributed by atoms with Crippen LogP contribution >= 0.6 is 43.2 Å². The minimum Gasteiger partial charge on any atom is -0.468 e. The maximum atomic E-state index is 6.52. The average molecular weight is 496 g/mol. The van der Waals surface area contributed by atoms with E-state index in [2.05, 4.69) is 67.2 Å². The molecule has 1 aromatic carbocycles. The van der Waals surface area contributed by atoms with Gasteiger partial charge in [0.2, 0.25) is 0 Å². The van der Waals surface area contributed by atoms with Crippen LogP contribution in [0.4, 0.5) is 0 Å². The van der Waals surface area contributed by atoms with E-state index in [1.165, 1.54) is 48.3 Å². The van der Waals surface area contributed by atoms with Crippen molar-refractivity contribution in [2.75, 3.05) is 0 Å².